The van der Waals surface area contributed by atoms with Crippen molar-refractivity contribution in [2.45, 2.75) is 13.0 Å². The summed E-state index contributed by atoms with van der Waals surface area (Å²) in [6.45, 7) is 0.765. The average Bonchev–Trinajstić information content (AvgIpc) is 3.50. The molecule has 5 aromatic rings. The van der Waals surface area contributed by atoms with Crippen molar-refractivity contribution in [3.8, 4) is 5.75 Å². The molecule has 0 bridgehead atoms. The van der Waals surface area contributed by atoms with Gasteiger partial charge in [-0.15, -0.1) is 12.4 Å². The number of carbonyl (C=O) groups excluding carboxylic acids is 1. The fourth-order valence-corrected chi connectivity index (χ4v) is 4.75. The summed E-state index contributed by atoms with van der Waals surface area (Å²) < 4.78 is 35.9. The second kappa shape index (κ2) is 10.8. The number of amides is 1. The van der Waals surface area contributed by atoms with Crippen molar-refractivity contribution < 1.29 is 18.3 Å². The Morgan fingerprint density at radius 3 is 2.71 bits per heavy atom. The van der Waals surface area contributed by atoms with E-state index in [2.05, 4.69) is 9.97 Å². The zero-order valence-corrected chi connectivity index (χ0v) is 20.1. The number of anilines is 1. The highest BCUT2D eigenvalue weighted by molar-refractivity contribution is 7.22. The lowest BCUT2D eigenvalue weighted by Crippen LogP contribution is -2.36. The number of aryl methyl sites for hydroxylation is 1. The summed E-state index contributed by atoms with van der Waals surface area (Å²) in [5.41, 5.74) is 0.0456. The van der Waals surface area contributed by atoms with Crippen LogP contribution in [-0.4, -0.2) is 33.6 Å². The smallest absolute Gasteiger partial charge is 0.266 e. The van der Waals surface area contributed by atoms with Gasteiger partial charge in [0.15, 0.2) is 17.6 Å². The van der Waals surface area contributed by atoms with Crippen LogP contribution in [0, 0.1) is 11.6 Å². The maximum Gasteiger partial charge on any atom is 0.266 e. The molecule has 0 saturated heterocycles. The van der Waals surface area contributed by atoms with E-state index in [1.807, 2.05) is 53.2 Å². The molecule has 0 aliphatic heterocycles. The Balaban J connectivity index is 0.00000289. The quantitative estimate of drug-likeness (QED) is 0.261. The molecule has 2 heterocycles. The second-order valence-electron chi connectivity index (χ2n) is 7.73. The largest absolute Gasteiger partial charge is 0.484 e. The summed E-state index contributed by atoms with van der Waals surface area (Å²) in [6, 6.07) is 15.5. The van der Waals surface area contributed by atoms with E-state index in [0.29, 0.717) is 35.1 Å². The Morgan fingerprint density at radius 1 is 1.09 bits per heavy atom. The summed E-state index contributed by atoms with van der Waals surface area (Å²) in [4.78, 5) is 23.0. The average molecular weight is 515 g/mol. The van der Waals surface area contributed by atoms with Gasteiger partial charge >= 0.3 is 0 Å². The Labute approximate surface area is 210 Å². The maximum atomic E-state index is 14.2. The molecule has 0 unspecified atom stereocenters. The number of aromatic nitrogens is 3. The zero-order chi connectivity index (χ0) is 23.5. The summed E-state index contributed by atoms with van der Waals surface area (Å²) in [5.74, 6) is -1.19. The van der Waals surface area contributed by atoms with Crippen LogP contribution in [0.25, 0.3) is 21.0 Å². The number of halogens is 3. The van der Waals surface area contributed by atoms with E-state index >= 15 is 0 Å². The van der Waals surface area contributed by atoms with Gasteiger partial charge < -0.3 is 9.30 Å². The molecule has 0 aliphatic rings. The molecule has 0 aliphatic carbocycles. The molecular formula is C25H21ClF2N4O2S. The van der Waals surface area contributed by atoms with Crippen molar-refractivity contribution in [1.82, 2.24) is 14.5 Å². The number of carbonyl (C=O) groups is 1. The molecule has 0 radical (unpaired) electrons. The number of thiazole rings is 1. The topological polar surface area (TPSA) is 60.2 Å². The minimum atomic E-state index is -0.754. The third-order valence-electron chi connectivity index (χ3n) is 5.37. The van der Waals surface area contributed by atoms with Crippen molar-refractivity contribution in [3.05, 3.63) is 85.0 Å². The van der Waals surface area contributed by atoms with Crippen molar-refractivity contribution in [2.75, 3.05) is 18.1 Å². The van der Waals surface area contributed by atoms with E-state index in [1.165, 1.54) is 11.0 Å². The van der Waals surface area contributed by atoms with E-state index in [-0.39, 0.29) is 30.4 Å². The maximum absolute atomic E-state index is 14.2. The Morgan fingerprint density at radius 2 is 1.91 bits per heavy atom. The summed E-state index contributed by atoms with van der Waals surface area (Å²) >= 11 is 1.07. The molecule has 6 nitrogen and oxygen atoms in total. The minimum absolute atomic E-state index is 0. The van der Waals surface area contributed by atoms with Gasteiger partial charge in [0.2, 0.25) is 0 Å². The molecule has 0 saturated carbocycles. The first kappa shape index (κ1) is 24.6. The number of hydrogen-bond acceptors (Lipinski definition) is 5. The molecule has 35 heavy (non-hydrogen) atoms. The second-order valence-corrected chi connectivity index (χ2v) is 8.74. The van der Waals surface area contributed by atoms with Gasteiger partial charge in [-0.2, -0.15) is 0 Å². The van der Waals surface area contributed by atoms with Crippen LogP contribution < -0.4 is 9.64 Å². The molecule has 5 rings (SSSR count). The van der Waals surface area contributed by atoms with Crippen LogP contribution >= 0.6 is 23.7 Å². The minimum Gasteiger partial charge on any atom is -0.484 e. The highest BCUT2D eigenvalue weighted by atomic mass is 35.5. The van der Waals surface area contributed by atoms with E-state index in [9.17, 15) is 13.6 Å². The summed E-state index contributed by atoms with van der Waals surface area (Å²) in [7, 11) is 0. The number of imidazole rings is 1. The van der Waals surface area contributed by atoms with Crippen LogP contribution in [0.3, 0.4) is 0 Å². The molecule has 3 aromatic carbocycles. The lowest BCUT2D eigenvalue weighted by Gasteiger charge is -2.20. The van der Waals surface area contributed by atoms with Gasteiger partial charge in [0.25, 0.3) is 5.91 Å². The van der Waals surface area contributed by atoms with E-state index < -0.39 is 11.6 Å². The van der Waals surface area contributed by atoms with Crippen molar-refractivity contribution in [2.24, 2.45) is 0 Å². The molecule has 2 aromatic heterocycles. The van der Waals surface area contributed by atoms with Gasteiger partial charge in [-0.1, -0.05) is 41.7 Å². The number of fused-ring (bicyclic) bond motifs is 2. The Kier molecular flexibility index (Phi) is 7.57. The van der Waals surface area contributed by atoms with Gasteiger partial charge in [0, 0.05) is 31.5 Å². The normalized spacial score (nSPS) is 10.9. The predicted molar refractivity (Wildman–Crippen MR) is 135 cm³/mol. The predicted octanol–water partition coefficient (Wildman–Crippen LogP) is 5.85. The number of ether oxygens (including phenoxy) is 1. The third kappa shape index (κ3) is 5.58. The summed E-state index contributed by atoms with van der Waals surface area (Å²) in [5, 5.41) is 2.39. The standard InChI is InChI=1S/C25H20F2N4O2S.ClH/c26-19-13-21(27)24-22(14-19)34-25(29-24)31(10-3-9-30-11-8-28-16-30)23(32)15-33-20-7-6-17-4-1-2-5-18(17)12-20;/h1-2,4-8,11-14,16H,3,9-10,15H2;1H. The highest BCUT2D eigenvalue weighted by Gasteiger charge is 2.22. The van der Waals surface area contributed by atoms with E-state index in [0.717, 1.165) is 28.2 Å². The first-order chi connectivity index (χ1) is 16.6. The number of rotatable bonds is 8. The molecular weight excluding hydrogens is 494 g/mol. The third-order valence-corrected chi connectivity index (χ3v) is 6.40. The van der Waals surface area contributed by atoms with Gasteiger partial charge in [-0.3, -0.25) is 9.69 Å². The number of nitrogens with zero attached hydrogens (tertiary/aromatic N) is 4. The van der Waals surface area contributed by atoms with Crippen LogP contribution in [0.1, 0.15) is 6.42 Å². The number of benzene rings is 3. The van der Waals surface area contributed by atoms with Crippen molar-refractivity contribution >= 4 is 55.8 Å². The van der Waals surface area contributed by atoms with E-state index in [1.54, 1.807) is 12.5 Å². The first-order valence-corrected chi connectivity index (χ1v) is 11.5. The molecule has 0 atom stereocenters. The molecule has 1 amide bonds. The lowest BCUT2D eigenvalue weighted by atomic mass is 10.1. The SMILES string of the molecule is Cl.O=C(COc1ccc2ccccc2c1)N(CCCn1ccnc1)c1nc2c(F)cc(F)cc2s1. The van der Waals surface area contributed by atoms with Crippen LogP contribution in [0.4, 0.5) is 13.9 Å². The fraction of sp³-hybridized carbons (Fsp3) is 0.160. The lowest BCUT2D eigenvalue weighted by molar-refractivity contribution is -0.120. The van der Waals surface area contributed by atoms with Gasteiger partial charge in [0.1, 0.15) is 17.1 Å². The van der Waals surface area contributed by atoms with Crippen LogP contribution in [0.5, 0.6) is 5.75 Å². The number of hydrogen-bond donors (Lipinski definition) is 0. The molecule has 0 spiro atoms. The van der Waals surface area contributed by atoms with Crippen LogP contribution in [0.2, 0.25) is 0 Å². The molecule has 180 valence electrons. The van der Waals surface area contributed by atoms with Crippen molar-refractivity contribution in [3.63, 3.8) is 0 Å². The molecule has 0 fully saturated rings. The molecule has 10 heteroatoms. The van der Waals surface area contributed by atoms with Gasteiger partial charge in [-0.25, -0.2) is 18.7 Å². The van der Waals surface area contributed by atoms with Crippen LogP contribution in [0.15, 0.2) is 73.3 Å². The fourth-order valence-electron chi connectivity index (χ4n) is 3.70. The highest BCUT2D eigenvalue weighted by Crippen LogP contribution is 2.31. The Hall–Kier alpha value is -3.56. The summed E-state index contributed by atoms with van der Waals surface area (Å²) in [6.07, 6.45) is 5.84. The molecule has 0 N–H and O–H groups in total. The first-order valence-electron chi connectivity index (χ1n) is 10.7. The van der Waals surface area contributed by atoms with E-state index in [4.69, 9.17) is 4.74 Å². The monoisotopic (exact) mass is 514 g/mol. The van der Waals surface area contributed by atoms with Gasteiger partial charge in [-0.05, 0) is 35.4 Å². The van der Waals surface area contributed by atoms with Crippen molar-refractivity contribution in [1.29, 1.82) is 0 Å². The van der Waals surface area contributed by atoms with Crippen LogP contribution in [-0.2, 0) is 11.3 Å². The van der Waals surface area contributed by atoms with Gasteiger partial charge in [0.05, 0.1) is 11.0 Å². The Bertz CT molecular complexity index is 1460. The zero-order valence-electron chi connectivity index (χ0n) is 18.4.